The lowest BCUT2D eigenvalue weighted by Crippen LogP contribution is -2.23. The van der Waals surface area contributed by atoms with Gasteiger partial charge < -0.3 is 11.1 Å². The van der Waals surface area contributed by atoms with Crippen molar-refractivity contribution in [1.29, 1.82) is 0 Å². The third-order valence-corrected chi connectivity index (χ3v) is 3.48. The number of hydrogen-bond donors (Lipinski definition) is 2. The monoisotopic (exact) mass is 296 g/mol. The Morgan fingerprint density at radius 1 is 1.05 bits per heavy atom. The van der Waals surface area contributed by atoms with E-state index >= 15 is 0 Å². The van der Waals surface area contributed by atoms with Crippen LogP contribution < -0.4 is 11.1 Å². The van der Waals surface area contributed by atoms with Gasteiger partial charge in [0.1, 0.15) is 0 Å². The highest BCUT2D eigenvalue weighted by molar-refractivity contribution is 5.99. The van der Waals surface area contributed by atoms with Gasteiger partial charge in [-0.1, -0.05) is 31.2 Å². The summed E-state index contributed by atoms with van der Waals surface area (Å²) in [6.45, 7) is 4.37. The molecule has 0 aliphatic rings. The average molecular weight is 296 g/mol. The van der Waals surface area contributed by atoms with E-state index in [-0.39, 0.29) is 5.91 Å². The van der Waals surface area contributed by atoms with Gasteiger partial charge in [-0.25, -0.2) is 0 Å². The van der Waals surface area contributed by atoms with Crippen LogP contribution in [0.1, 0.15) is 44.3 Å². The first-order valence-corrected chi connectivity index (χ1v) is 7.27. The van der Waals surface area contributed by atoms with Gasteiger partial charge >= 0.3 is 0 Å². The molecule has 0 heterocycles. The van der Waals surface area contributed by atoms with Gasteiger partial charge in [0.2, 0.25) is 5.91 Å². The van der Waals surface area contributed by atoms with Gasteiger partial charge in [0.05, 0.1) is 0 Å². The lowest BCUT2D eigenvalue weighted by Gasteiger charge is -2.08. The van der Waals surface area contributed by atoms with Crippen LogP contribution >= 0.6 is 0 Å². The third-order valence-electron chi connectivity index (χ3n) is 3.48. The van der Waals surface area contributed by atoms with Crippen LogP contribution in [0, 0.1) is 6.92 Å². The van der Waals surface area contributed by atoms with E-state index in [0.29, 0.717) is 17.7 Å². The molecule has 0 spiro atoms. The lowest BCUT2D eigenvalue weighted by molar-refractivity contribution is 0.0951. The third kappa shape index (κ3) is 3.95. The minimum Gasteiger partial charge on any atom is -0.366 e. The SMILES string of the molecule is CCc1cccc(CNC(=O)c2cc(C)cc(C(N)=O)c2)c1. The summed E-state index contributed by atoms with van der Waals surface area (Å²) in [4.78, 5) is 23.5. The highest BCUT2D eigenvalue weighted by Gasteiger charge is 2.10. The Morgan fingerprint density at radius 3 is 2.41 bits per heavy atom. The van der Waals surface area contributed by atoms with Crippen molar-refractivity contribution in [3.63, 3.8) is 0 Å². The van der Waals surface area contributed by atoms with Crippen molar-refractivity contribution >= 4 is 11.8 Å². The molecule has 22 heavy (non-hydrogen) atoms. The smallest absolute Gasteiger partial charge is 0.251 e. The average Bonchev–Trinajstić information content (AvgIpc) is 2.52. The Bertz CT molecular complexity index is 708. The summed E-state index contributed by atoms with van der Waals surface area (Å²) in [6, 6.07) is 13.0. The summed E-state index contributed by atoms with van der Waals surface area (Å²) in [5.41, 5.74) is 9.18. The molecule has 0 unspecified atom stereocenters. The first-order valence-electron chi connectivity index (χ1n) is 7.27. The highest BCUT2D eigenvalue weighted by atomic mass is 16.2. The Kier molecular flexibility index (Phi) is 4.94. The van der Waals surface area contributed by atoms with Crippen molar-refractivity contribution in [3.8, 4) is 0 Å². The van der Waals surface area contributed by atoms with Crippen LogP contribution in [-0.4, -0.2) is 11.8 Å². The van der Waals surface area contributed by atoms with E-state index in [9.17, 15) is 9.59 Å². The number of nitrogens with one attached hydrogen (secondary N) is 1. The molecule has 0 saturated carbocycles. The fraction of sp³-hybridized carbons (Fsp3) is 0.222. The van der Waals surface area contributed by atoms with E-state index in [1.54, 1.807) is 12.1 Å². The second kappa shape index (κ2) is 6.89. The normalized spacial score (nSPS) is 10.3. The first kappa shape index (κ1) is 15.8. The number of amides is 2. The topological polar surface area (TPSA) is 72.2 Å². The Labute approximate surface area is 130 Å². The number of aryl methyl sites for hydroxylation is 2. The Hall–Kier alpha value is -2.62. The second-order valence-corrected chi connectivity index (χ2v) is 5.31. The number of nitrogens with two attached hydrogens (primary N) is 1. The molecule has 2 rings (SSSR count). The van der Waals surface area contributed by atoms with Crippen molar-refractivity contribution in [2.24, 2.45) is 5.73 Å². The molecular weight excluding hydrogens is 276 g/mol. The lowest BCUT2D eigenvalue weighted by atomic mass is 10.1. The van der Waals surface area contributed by atoms with Gasteiger partial charge in [-0.15, -0.1) is 0 Å². The molecule has 2 aromatic rings. The molecule has 0 fully saturated rings. The minimum absolute atomic E-state index is 0.215. The van der Waals surface area contributed by atoms with Gasteiger partial charge in [0.25, 0.3) is 5.91 Å². The number of rotatable bonds is 5. The zero-order valence-corrected chi connectivity index (χ0v) is 12.8. The summed E-state index contributed by atoms with van der Waals surface area (Å²) in [7, 11) is 0. The van der Waals surface area contributed by atoms with E-state index < -0.39 is 5.91 Å². The predicted molar refractivity (Wildman–Crippen MR) is 86.7 cm³/mol. The van der Waals surface area contributed by atoms with Crippen LogP contribution in [0.3, 0.4) is 0 Å². The summed E-state index contributed by atoms with van der Waals surface area (Å²) in [5.74, 6) is -0.749. The van der Waals surface area contributed by atoms with Crippen LogP contribution in [-0.2, 0) is 13.0 Å². The largest absolute Gasteiger partial charge is 0.366 e. The molecule has 0 aromatic heterocycles. The maximum atomic E-state index is 12.2. The van der Waals surface area contributed by atoms with Gasteiger partial charge in [-0.05, 0) is 48.2 Å². The molecule has 4 heteroatoms. The van der Waals surface area contributed by atoms with E-state index in [4.69, 9.17) is 5.73 Å². The molecule has 0 saturated heterocycles. The van der Waals surface area contributed by atoms with Crippen LogP contribution in [0.4, 0.5) is 0 Å². The Morgan fingerprint density at radius 2 is 1.73 bits per heavy atom. The van der Waals surface area contributed by atoms with Crippen molar-refractivity contribution in [3.05, 3.63) is 70.3 Å². The number of carbonyl (C=O) groups excluding carboxylic acids is 2. The van der Waals surface area contributed by atoms with Crippen LogP contribution in [0.5, 0.6) is 0 Å². The van der Waals surface area contributed by atoms with Crippen molar-refractivity contribution < 1.29 is 9.59 Å². The maximum absolute atomic E-state index is 12.2. The quantitative estimate of drug-likeness (QED) is 0.890. The summed E-state index contributed by atoms with van der Waals surface area (Å²) < 4.78 is 0. The molecule has 0 atom stereocenters. The zero-order valence-electron chi connectivity index (χ0n) is 12.8. The molecule has 0 bridgehead atoms. The van der Waals surface area contributed by atoms with Crippen molar-refractivity contribution in [2.75, 3.05) is 0 Å². The second-order valence-electron chi connectivity index (χ2n) is 5.31. The highest BCUT2D eigenvalue weighted by Crippen LogP contribution is 2.10. The fourth-order valence-corrected chi connectivity index (χ4v) is 2.30. The zero-order chi connectivity index (χ0) is 16.1. The van der Waals surface area contributed by atoms with Gasteiger partial charge in [0.15, 0.2) is 0 Å². The molecule has 4 nitrogen and oxygen atoms in total. The standard InChI is InChI=1S/C18H20N2O2/c1-3-13-5-4-6-14(9-13)11-20-18(22)16-8-12(2)7-15(10-16)17(19)21/h4-10H,3,11H2,1-2H3,(H2,19,21)(H,20,22). The summed E-state index contributed by atoms with van der Waals surface area (Å²) >= 11 is 0. The molecule has 0 aliphatic carbocycles. The molecule has 0 radical (unpaired) electrons. The molecule has 2 amide bonds. The van der Waals surface area contributed by atoms with Gasteiger partial charge in [-0.2, -0.15) is 0 Å². The predicted octanol–water partition coefficient (Wildman–Crippen LogP) is 2.59. The van der Waals surface area contributed by atoms with E-state index in [1.807, 2.05) is 19.1 Å². The molecular formula is C18H20N2O2. The number of benzene rings is 2. The number of primary amides is 1. The Balaban J connectivity index is 2.10. The van der Waals surface area contributed by atoms with Gasteiger partial charge in [-0.3, -0.25) is 9.59 Å². The van der Waals surface area contributed by atoms with Gasteiger partial charge in [0, 0.05) is 17.7 Å². The van der Waals surface area contributed by atoms with Crippen LogP contribution in [0.25, 0.3) is 0 Å². The van der Waals surface area contributed by atoms with Crippen molar-refractivity contribution in [2.45, 2.75) is 26.8 Å². The molecule has 0 aliphatic heterocycles. The van der Waals surface area contributed by atoms with E-state index in [0.717, 1.165) is 17.5 Å². The van der Waals surface area contributed by atoms with E-state index in [1.165, 1.54) is 11.6 Å². The van der Waals surface area contributed by atoms with Crippen molar-refractivity contribution in [1.82, 2.24) is 5.32 Å². The minimum atomic E-state index is -0.534. The van der Waals surface area contributed by atoms with Crippen LogP contribution in [0.2, 0.25) is 0 Å². The summed E-state index contributed by atoms with van der Waals surface area (Å²) in [5, 5.41) is 2.87. The number of hydrogen-bond acceptors (Lipinski definition) is 2. The molecule has 2 aromatic carbocycles. The molecule has 114 valence electrons. The number of carbonyl (C=O) groups is 2. The summed E-state index contributed by atoms with van der Waals surface area (Å²) in [6.07, 6.45) is 0.960. The molecule has 3 N–H and O–H groups in total. The van der Waals surface area contributed by atoms with Crippen LogP contribution in [0.15, 0.2) is 42.5 Å². The first-order chi connectivity index (χ1) is 10.5. The fourth-order valence-electron chi connectivity index (χ4n) is 2.30. The maximum Gasteiger partial charge on any atom is 0.251 e. The van der Waals surface area contributed by atoms with E-state index in [2.05, 4.69) is 24.4 Å².